The van der Waals surface area contributed by atoms with Gasteiger partial charge in [0.2, 0.25) is 5.91 Å². The SMILES string of the molecule is CNC(=O)C(C)N(Cc1ccc(OC)cc1)C(=O)COc1cccc(Cl)c1. The third-order valence-corrected chi connectivity index (χ3v) is 4.32. The molecule has 0 bridgehead atoms. The van der Waals surface area contributed by atoms with Crippen LogP contribution < -0.4 is 14.8 Å². The summed E-state index contributed by atoms with van der Waals surface area (Å²) in [5.74, 6) is 0.662. The van der Waals surface area contributed by atoms with Crippen LogP contribution in [-0.4, -0.2) is 43.5 Å². The first-order valence-electron chi connectivity index (χ1n) is 8.47. The molecule has 144 valence electrons. The number of hydrogen-bond donors (Lipinski definition) is 1. The van der Waals surface area contributed by atoms with Gasteiger partial charge in [-0.1, -0.05) is 29.8 Å². The van der Waals surface area contributed by atoms with Gasteiger partial charge in [0.15, 0.2) is 6.61 Å². The summed E-state index contributed by atoms with van der Waals surface area (Å²) in [6.07, 6.45) is 0. The fourth-order valence-corrected chi connectivity index (χ4v) is 2.68. The molecule has 2 aromatic carbocycles. The third kappa shape index (κ3) is 5.89. The van der Waals surface area contributed by atoms with Gasteiger partial charge in [-0.25, -0.2) is 0 Å². The minimum absolute atomic E-state index is 0.197. The number of methoxy groups -OCH3 is 1. The van der Waals surface area contributed by atoms with Crippen LogP contribution in [0.2, 0.25) is 5.02 Å². The Morgan fingerprint density at radius 2 is 1.85 bits per heavy atom. The number of carbonyl (C=O) groups is 2. The summed E-state index contributed by atoms with van der Waals surface area (Å²) in [5.41, 5.74) is 0.877. The molecule has 0 saturated heterocycles. The van der Waals surface area contributed by atoms with Gasteiger partial charge in [-0.2, -0.15) is 0 Å². The van der Waals surface area contributed by atoms with E-state index in [2.05, 4.69) is 5.32 Å². The number of hydrogen-bond acceptors (Lipinski definition) is 4. The molecule has 0 aromatic heterocycles. The zero-order valence-electron chi connectivity index (χ0n) is 15.6. The second kappa shape index (κ2) is 9.83. The molecular formula is C20H23ClN2O4. The first-order chi connectivity index (χ1) is 12.9. The van der Waals surface area contributed by atoms with E-state index in [0.29, 0.717) is 10.8 Å². The van der Waals surface area contributed by atoms with E-state index in [1.807, 2.05) is 24.3 Å². The van der Waals surface area contributed by atoms with E-state index in [1.54, 1.807) is 38.3 Å². The summed E-state index contributed by atoms with van der Waals surface area (Å²) in [5, 5.41) is 3.10. The van der Waals surface area contributed by atoms with E-state index in [1.165, 1.54) is 11.9 Å². The van der Waals surface area contributed by atoms with Crippen LogP contribution in [0, 0.1) is 0 Å². The van der Waals surface area contributed by atoms with Gasteiger partial charge in [0.1, 0.15) is 17.5 Å². The summed E-state index contributed by atoms with van der Waals surface area (Å²) < 4.78 is 10.7. The zero-order valence-corrected chi connectivity index (χ0v) is 16.3. The Hall–Kier alpha value is -2.73. The van der Waals surface area contributed by atoms with Gasteiger partial charge in [-0.3, -0.25) is 9.59 Å². The smallest absolute Gasteiger partial charge is 0.261 e. The van der Waals surface area contributed by atoms with Gasteiger partial charge in [-0.15, -0.1) is 0 Å². The molecule has 2 rings (SSSR count). The Balaban J connectivity index is 2.12. The number of amides is 2. The Kier molecular flexibility index (Phi) is 7.49. The van der Waals surface area contributed by atoms with E-state index in [0.717, 1.165) is 11.3 Å². The van der Waals surface area contributed by atoms with Crippen molar-refractivity contribution in [3.63, 3.8) is 0 Å². The van der Waals surface area contributed by atoms with Crippen molar-refractivity contribution in [1.29, 1.82) is 0 Å². The first kappa shape index (κ1) is 20.6. The predicted molar refractivity (Wildman–Crippen MR) is 104 cm³/mol. The van der Waals surface area contributed by atoms with E-state index < -0.39 is 6.04 Å². The average Bonchev–Trinajstić information content (AvgIpc) is 2.69. The minimum atomic E-state index is -0.646. The fourth-order valence-electron chi connectivity index (χ4n) is 2.50. The maximum absolute atomic E-state index is 12.8. The normalized spacial score (nSPS) is 11.4. The summed E-state index contributed by atoms with van der Waals surface area (Å²) in [4.78, 5) is 26.3. The predicted octanol–water partition coefficient (Wildman–Crippen LogP) is 2.89. The lowest BCUT2D eigenvalue weighted by Crippen LogP contribution is -2.48. The topological polar surface area (TPSA) is 67.9 Å². The molecule has 0 fully saturated rings. The number of benzene rings is 2. The van der Waals surface area contributed by atoms with Gasteiger partial charge < -0.3 is 19.7 Å². The van der Waals surface area contributed by atoms with Crippen molar-refractivity contribution >= 4 is 23.4 Å². The zero-order chi connectivity index (χ0) is 19.8. The van der Waals surface area contributed by atoms with Crippen LogP contribution in [0.4, 0.5) is 0 Å². The standard InChI is InChI=1S/C20H23ClN2O4/c1-14(20(25)22-2)23(12-15-7-9-17(26-3)10-8-15)19(24)13-27-18-6-4-5-16(21)11-18/h4-11,14H,12-13H2,1-3H3,(H,22,25). The Labute approximate surface area is 164 Å². The van der Waals surface area contributed by atoms with E-state index >= 15 is 0 Å². The summed E-state index contributed by atoms with van der Waals surface area (Å²) >= 11 is 5.93. The Morgan fingerprint density at radius 3 is 2.44 bits per heavy atom. The van der Waals surface area contributed by atoms with E-state index in [4.69, 9.17) is 21.1 Å². The number of likely N-dealkylation sites (N-methyl/N-ethyl adjacent to an activating group) is 1. The highest BCUT2D eigenvalue weighted by Gasteiger charge is 2.25. The summed E-state index contributed by atoms with van der Waals surface area (Å²) in [6.45, 7) is 1.76. The molecule has 0 radical (unpaired) electrons. The average molecular weight is 391 g/mol. The van der Waals surface area contributed by atoms with Gasteiger partial charge in [0.05, 0.1) is 7.11 Å². The molecule has 0 saturated carbocycles. The van der Waals surface area contributed by atoms with Crippen molar-refractivity contribution in [2.75, 3.05) is 20.8 Å². The van der Waals surface area contributed by atoms with Gasteiger partial charge in [0.25, 0.3) is 5.91 Å². The molecule has 0 aliphatic heterocycles. The molecule has 0 aliphatic rings. The molecule has 0 heterocycles. The quantitative estimate of drug-likeness (QED) is 0.752. The number of nitrogens with one attached hydrogen (secondary N) is 1. The van der Waals surface area contributed by atoms with Crippen molar-refractivity contribution in [1.82, 2.24) is 10.2 Å². The molecule has 1 unspecified atom stereocenters. The highest BCUT2D eigenvalue weighted by atomic mass is 35.5. The molecule has 1 atom stereocenters. The molecule has 0 spiro atoms. The molecule has 6 nitrogen and oxygen atoms in total. The van der Waals surface area contributed by atoms with Crippen molar-refractivity contribution in [3.8, 4) is 11.5 Å². The molecular weight excluding hydrogens is 368 g/mol. The van der Waals surface area contributed by atoms with Crippen molar-refractivity contribution in [2.45, 2.75) is 19.5 Å². The molecule has 2 aromatic rings. The van der Waals surface area contributed by atoms with E-state index in [-0.39, 0.29) is 25.0 Å². The second-order valence-corrected chi connectivity index (χ2v) is 6.34. The lowest BCUT2D eigenvalue weighted by atomic mass is 10.1. The van der Waals surface area contributed by atoms with E-state index in [9.17, 15) is 9.59 Å². The van der Waals surface area contributed by atoms with Crippen LogP contribution in [0.1, 0.15) is 12.5 Å². The van der Waals surface area contributed by atoms with Gasteiger partial charge >= 0.3 is 0 Å². The van der Waals surface area contributed by atoms with Crippen molar-refractivity contribution < 1.29 is 19.1 Å². The number of halogens is 1. The number of rotatable bonds is 8. The molecule has 2 amide bonds. The van der Waals surface area contributed by atoms with Crippen LogP contribution in [-0.2, 0) is 16.1 Å². The number of carbonyl (C=O) groups excluding carboxylic acids is 2. The summed E-state index contributed by atoms with van der Waals surface area (Å²) in [6, 6.07) is 13.5. The van der Waals surface area contributed by atoms with Gasteiger partial charge in [0, 0.05) is 18.6 Å². The lowest BCUT2D eigenvalue weighted by Gasteiger charge is -2.28. The minimum Gasteiger partial charge on any atom is -0.497 e. The first-order valence-corrected chi connectivity index (χ1v) is 8.84. The van der Waals surface area contributed by atoms with Gasteiger partial charge in [-0.05, 0) is 42.8 Å². The molecule has 27 heavy (non-hydrogen) atoms. The largest absolute Gasteiger partial charge is 0.497 e. The molecule has 1 N–H and O–H groups in total. The Bertz CT molecular complexity index is 780. The van der Waals surface area contributed by atoms with Crippen LogP contribution in [0.25, 0.3) is 0 Å². The van der Waals surface area contributed by atoms with Crippen LogP contribution in [0.5, 0.6) is 11.5 Å². The monoisotopic (exact) mass is 390 g/mol. The maximum Gasteiger partial charge on any atom is 0.261 e. The summed E-state index contributed by atoms with van der Waals surface area (Å²) in [7, 11) is 3.13. The molecule has 0 aliphatic carbocycles. The second-order valence-electron chi connectivity index (χ2n) is 5.91. The third-order valence-electron chi connectivity index (χ3n) is 4.08. The fraction of sp³-hybridized carbons (Fsp3) is 0.300. The Morgan fingerprint density at radius 1 is 1.15 bits per heavy atom. The number of nitrogens with zero attached hydrogens (tertiary/aromatic N) is 1. The van der Waals surface area contributed by atoms with Crippen LogP contribution in [0.15, 0.2) is 48.5 Å². The lowest BCUT2D eigenvalue weighted by molar-refractivity contribution is -0.142. The van der Waals surface area contributed by atoms with Crippen molar-refractivity contribution in [3.05, 3.63) is 59.1 Å². The highest BCUT2D eigenvalue weighted by Crippen LogP contribution is 2.18. The van der Waals surface area contributed by atoms with Crippen LogP contribution >= 0.6 is 11.6 Å². The van der Waals surface area contributed by atoms with Crippen LogP contribution in [0.3, 0.4) is 0 Å². The maximum atomic E-state index is 12.8. The highest BCUT2D eigenvalue weighted by molar-refractivity contribution is 6.30. The number of ether oxygens (including phenoxy) is 2. The molecule has 7 heteroatoms. The van der Waals surface area contributed by atoms with Crippen molar-refractivity contribution in [2.24, 2.45) is 0 Å².